The lowest BCUT2D eigenvalue weighted by Crippen LogP contribution is -2.30. The van der Waals surface area contributed by atoms with Crippen LogP contribution in [0, 0.1) is 11.8 Å². The Balaban J connectivity index is 1.60. The topological polar surface area (TPSA) is 78.9 Å². The van der Waals surface area contributed by atoms with Crippen molar-refractivity contribution in [2.45, 2.75) is 51.2 Å². The summed E-state index contributed by atoms with van der Waals surface area (Å²) in [6.45, 7) is 2.01. The zero-order valence-corrected chi connectivity index (χ0v) is 15.6. The third-order valence-corrected chi connectivity index (χ3v) is 5.45. The van der Waals surface area contributed by atoms with E-state index in [1.54, 1.807) is 30.9 Å². The minimum absolute atomic E-state index is 0.0529. The summed E-state index contributed by atoms with van der Waals surface area (Å²) in [6.07, 6.45) is 8.13. The molecule has 3 rings (SSSR count). The summed E-state index contributed by atoms with van der Waals surface area (Å²) in [5.41, 5.74) is 1.49. The molecule has 1 fully saturated rings. The highest BCUT2D eigenvalue weighted by atomic mass is 19.4. The molecule has 152 valence electrons. The summed E-state index contributed by atoms with van der Waals surface area (Å²) in [5, 5.41) is 4.40. The molecule has 1 aliphatic rings. The summed E-state index contributed by atoms with van der Waals surface area (Å²) >= 11 is 0. The highest BCUT2D eigenvalue weighted by molar-refractivity contribution is 5.55. The number of allylic oxidation sites excluding steroid dienone is 1. The van der Waals surface area contributed by atoms with E-state index in [9.17, 15) is 13.2 Å². The Hall–Kier alpha value is -2.42. The molecular weight excluding hydrogens is 371 g/mol. The number of rotatable bonds is 6. The maximum absolute atomic E-state index is 12.8. The van der Waals surface area contributed by atoms with Crippen molar-refractivity contribution in [1.82, 2.24) is 19.7 Å². The molecule has 9 heteroatoms. The summed E-state index contributed by atoms with van der Waals surface area (Å²) < 4.78 is 40.4. The maximum atomic E-state index is 12.8. The van der Waals surface area contributed by atoms with Gasteiger partial charge in [0.2, 0.25) is 0 Å². The Morgan fingerprint density at radius 1 is 1.29 bits per heavy atom. The van der Waals surface area contributed by atoms with Crippen molar-refractivity contribution >= 4 is 5.76 Å². The fraction of sp³-hybridized carbons (Fsp3) is 0.526. The van der Waals surface area contributed by atoms with E-state index in [2.05, 4.69) is 15.1 Å². The highest BCUT2D eigenvalue weighted by Crippen LogP contribution is 2.42. The van der Waals surface area contributed by atoms with Crippen LogP contribution >= 0.6 is 0 Å². The van der Waals surface area contributed by atoms with Gasteiger partial charge < -0.3 is 4.84 Å². The first-order chi connectivity index (χ1) is 13.4. The maximum Gasteiger partial charge on any atom is 0.391 e. The van der Waals surface area contributed by atoms with E-state index in [0.717, 1.165) is 5.56 Å². The smallest absolute Gasteiger partial charge is 0.391 e. The van der Waals surface area contributed by atoms with Crippen molar-refractivity contribution in [2.75, 3.05) is 0 Å². The van der Waals surface area contributed by atoms with Gasteiger partial charge in [0, 0.05) is 18.6 Å². The number of hydrogen-bond donors (Lipinski definition) is 1. The molecule has 2 aromatic rings. The van der Waals surface area contributed by atoms with Crippen LogP contribution in [0.25, 0.3) is 5.76 Å². The van der Waals surface area contributed by atoms with Crippen molar-refractivity contribution in [3.05, 3.63) is 48.3 Å². The predicted octanol–water partition coefficient (Wildman–Crippen LogP) is 4.08. The van der Waals surface area contributed by atoms with Crippen molar-refractivity contribution in [3.63, 3.8) is 0 Å². The Bertz CT molecular complexity index is 782. The molecule has 0 amide bonds. The molecule has 28 heavy (non-hydrogen) atoms. The molecule has 0 saturated heterocycles. The number of alkyl halides is 3. The highest BCUT2D eigenvalue weighted by Gasteiger charge is 2.42. The van der Waals surface area contributed by atoms with Gasteiger partial charge in [-0.05, 0) is 56.6 Å². The van der Waals surface area contributed by atoms with E-state index in [4.69, 9.17) is 10.7 Å². The van der Waals surface area contributed by atoms with Gasteiger partial charge in [0.15, 0.2) is 5.76 Å². The van der Waals surface area contributed by atoms with Crippen LogP contribution in [0.1, 0.15) is 49.9 Å². The number of nitrogens with zero attached hydrogens (tertiary/aromatic N) is 4. The van der Waals surface area contributed by atoms with E-state index in [-0.39, 0.29) is 24.8 Å². The molecule has 0 radical (unpaired) electrons. The first kappa shape index (κ1) is 20.3. The van der Waals surface area contributed by atoms with E-state index >= 15 is 0 Å². The molecular formula is C19H24F3N5O. The molecule has 0 bridgehead atoms. The minimum atomic E-state index is -4.08. The second-order valence-corrected chi connectivity index (χ2v) is 7.20. The monoisotopic (exact) mass is 395 g/mol. The Morgan fingerprint density at radius 3 is 2.64 bits per heavy atom. The number of nitrogens with two attached hydrogens (primary N) is 1. The molecule has 1 unspecified atom stereocenters. The Labute approximate surface area is 161 Å². The Morgan fingerprint density at radius 2 is 2.04 bits per heavy atom. The minimum Gasteiger partial charge on any atom is -0.409 e. The van der Waals surface area contributed by atoms with Gasteiger partial charge in [-0.1, -0.05) is 0 Å². The van der Waals surface area contributed by atoms with Crippen LogP contribution in [-0.2, 0) is 11.3 Å². The van der Waals surface area contributed by atoms with E-state index < -0.39 is 12.1 Å². The largest absolute Gasteiger partial charge is 0.409 e. The molecule has 1 atom stereocenters. The van der Waals surface area contributed by atoms with Gasteiger partial charge in [-0.25, -0.2) is 4.98 Å². The molecule has 2 heterocycles. The van der Waals surface area contributed by atoms with E-state index in [1.165, 1.54) is 0 Å². The molecule has 0 aliphatic heterocycles. The fourth-order valence-corrected chi connectivity index (χ4v) is 3.70. The third kappa shape index (κ3) is 4.89. The van der Waals surface area contributed by atoms with Gasteiger partial charge >= 0.3 is 6.18 Å². The zero-order chi connectivity index (χ0) is 20.1. The van der Waals surface area contributed by atoms with E-state index in [0.29, 0.717) is 30.7 Å². The molecule has 1 aliphatic carbocycles. The first-order valence-electron chi connectivity index (χ1n) is 9.31. The number of halogens is 3. The summed E-state index contributed by atoms with van der Waals surface area (Å²) in [5.74, 6) is 4.78. The number of aromatic nitrogens is 4. The average Bonchev–Trinajstić information content (AvgIpc) is 3.17. The fourth-order valence-electron chi connectivity index (χ4n) is 3.70. The van der Waals surface area contributed by atoms with Crippen LogP contribution < -0.4 is 5.90 Å². The van der Waals surface area contributed by atoms with Crippen molar-refractivity contribution in [3.8, 4) is 0 Å². The van der Waals surface area contributed by atoms with Gasteiger partial charge in [0.1, 0.15) is 5.69 Å². The van der Waals surface area contributed by atoms with Gasteiger partial charge in [-0.2, -0.15) is 24.2 Å². The molecule has 0 aromatic carbocycles. The van der Waals surface area contributed by atoms with Gasteiger partial charge in [-0.15, -0.1) is 0 Å². The molecule has 2 N–H and O–H groups in total. The molecule has 2 aromatic heterocycles. The van der Waals surface area contributed by atoms with E-state index in [1.807, 2.05) is 17.8 Å². The predicted molar refractivity (Wildman–Crippen MR) is 97.4 cm³/mol. The lowest BCUT2D eigenvalue weighted by Gasteiger charge is -2.33. The van der Waals surface area contributed by atoms with Crippen LogP contribution in [0.15, 0.2) is 37.1 Å². The van der Waals surface area contributed by atoms with Crippen molar-refractivity contribution in [1.29, 1.82) is 0 Å². The van der Waals surface area contributed by atoms with Crippen LogP contribution in [0.4, 0.5) is 13.2 Å². The summed E-state index contributed by atoms with van der Waals surface area (Å²) in [6, 6.07) is 0.0529. The van der Waals surface area contributed by atoms with Crippen molar-refractivity contribution < 1.29 is 18.0 Å². The summed E-state index contributed by atoms with van der Waals surface area (Å²) in [4.78, 5) is 13.0. The first-order valence-corrected chi connectivity index (χ1v) is 9.31. The standard InChI is InChI=1S/C19H24F3N5O/c1-13(15-3-5-16(6-4-15)19(20,21)22)27-12-14(10-26-27)2-7-18(28-23)17-11-24-8-9-25-17/h7-13,15-16H,2-6,23H2,1H3/b18-7-. The number of hydrogen-bond acceptors (Lipinski definition) is 5. The van der Waals surface area contributed by atoms with Gasteiger partial charge in [0.05, 0.1) is 24.4 Å². The average molecular weight is 395 g/mol. The quantitative estimate of drug-likeness (QED) is 0.589. The summed E-state index contributed by atoms with van der Waals surface area (Å²) in [7, 11) is 0. The van der Waals surface area contributed by atoms with Crippen LogP contribution in [0.5, 0.6) is 0 Å². The Kier molecular flexibility index (Phi) is 6.33. The van der Waals surface area contributed by atoms with Crippen LogP contribution in [-0.4, -0.2) is 25.9 Å². The normalized spacial score (nSPS) is 22.1. The lowest BCUT2D eigenvalue weighted by molar-refractivity contribution is -0.184. The second-order valence-electron chi connectivity index (χ2n) is 7.20. The SMILES string of the molecule is CC(C1CCC(C(F)(F)F)CC1)n1cc(C/C=C(\ON)c2cnccn2)cn1. The third-order valence-electron chi connectivity index (χ3n) is 5.45. The molecule has 1 saturated carbocycles. The molecule has 0 spiro atoms. The van der Waals surface area contributed by atoms with Crippen LogP contribution in [0.3, 0.4) is 0 Å². The lowest BCUT2D eigenvalue weighted by atomic mass is 9.78. The molecule has 6 nitrogen and oxygen atoms in total. The second kappa shape index (κ2) is 8.72. The zero-order valence-electron chi connectivity index (χ0n) is 15.6. The van der Waals surface area contributed by atoms with Crippen LogP contribution in [0.2, 0.25) is 0 Å². The van der Waals surface area contributed by atoms with Gasteiger partial charge in [-0.3, -0.25) is 9.67 Å². The van der Waals surface area contributed by atoms with Gasteiger partial charge in [0.25, 0.3) is 0 Å². The van der Waals surface area contributed by atoms with Crippen molar-refractivity contribution in [2.24, 2.45) is 17.7 Å².